The normalized spacial score (nSPS) is 42.4. The SMILES string of the molecule is CC1CCC(C)C(O)(C2(CN)CCCCC2)C1. The van der Waals surface area contributed by atoms with Crippen LogP contribution in [0.2, 0.25) is 0 Å². The molecule has 2 saturated carbocycles. The topological polar surface area (TPSA) is 46.2 Å². The Morgan fingerprint density at radius 2 is 1.76 bits per heavy atom. The van der Waals surface area contributed by atoms with Gasteiger partial charge in [-0.2, -0.15) is 0 Å². The van der Waals surface area contributed by atoms with Crippen LogP contribution in [-0.4, -0.2) is 17.3 Å². The fraction of sp³-hybridized carbons (Fsp3) is 1.00. The van der Waals surface area contributed by atoms with Crippen LogP contribution in [0.3, 0.4) is 0 Å². The molecule has 0 radical (unpaired) electrons. The molecule has 0 bridgehead atoms. The van der Waals surface area contributed by atoms with Crippen molar-refractivity contribution in [3.63, 3.8) is 0 Å². The molecule has 0 spiro atoms. The summed E-state index contributed by atoms with van der Waals surface area (Å²) in [6.07, 6.45) is 9.49. The lowest BCUT2D eigenvalue weighted by molar-refractivity contribution is -0.162. The summed E-state index contributed by atoms with van der Waals surface area (Å²) in [7, 11) is 0. The molecule has 0 saturated heterocycles. The first-order chi connectivity index (χ1) is 8.04. The van der Waals surface area contributed by atoms with Crippen LogP contribution in [0.5, 0.6) is 0 Å². The summed E-state index contributed by atoms with van der Waals surface area (Å²) in [4.78, 5) is 0. The predicted octanol–water partition coefficient (Wildman–Crippen LogP) is 3.08. The lowest BCUT2D eigenvalue weighted by Gasteiger charge is -2.55. The average molecular weight is 239 g/mol. The fourth-order valence-electron chi connectivity index (χ4n) is 4.39. The Labute approximate surface area is 106 Å². The van der Waals surface area contributed by atoms with Crippen LogP contribution in [0.4, 0.5) is 0 Å². The molecular weight excluding hydrogens is 210 g/mol. The Hall–Kier alpha value is -0.0800. The van der Waals surface area contributed by atoms with Crippen molar-refractivity contribution in [2.24, 2.45) is 23.0 Å². The minimum atomic E-state index is -0.500. The Kier molecular flexibility index (Phi) is 3.84. The first-order valence-corrected chi connectivity index (χ1v) is 7.46. The van der Waals surface area contributed by atoms with E-state index in [4.69, 9.17) is 5.73 Å². The van der Waals surface area contributed by atoms with E-state index < -0.39 is 5.60 Å². The van der Waals surface area contributed by atoms with Gasteiger partial charge in [-0.25, -0.2) is 0 Å². The molecule has 17 heavy (non-hydrogen) atoms. The highest BCUT2D eigenvalue weighted by Gasteiger charge is 2.54. The Balaban J connectivity index is 2.26. The van der Waals surface area contributed by atoms with E-state index in [0.29, 0.717) is 18.4 Å². The van der Waals surface area contributed by atoms with Crippen molar-refractivity contribution in [2.45, 2.75) is 70.8 Å². The zero-order valence-electron chi connectivity index (χ0n) is 11.5. The number of aliphatic hydroxyl groups is 1. The van der Waals surface area contributed by atoms with E-state index >= 15 is 0 Å². The van der Waals surface area contributed by atoms with E-state index in [1.807, 2.05) is 0 Å². The summed E-state index contributed by atoms with van der Waals surface area (Å²) in [5, 5.41) is 11.3. The summed E-state index contributed by atoms with van der Waals surface area (Å²) >= 11 is 0. The fourth-order valence-corrected chi connectivity index (χ4v) is 4.39. The van der Waals surface area contributed by atoms with E-state index in [2.05, 4.69) is 13.8 Å². The number of nitrogens with two attached hydrogens (primary N) is 1. The van der Waals surface area contributed by atoms with Crippen LogP contribution in [-0.2, 0) is 0 Å². The van der Waals surface area contributed by atoms with Gasteiger partial charge in [0.05, 0.1) is 5.60 Å². The van der Waals surface area contributed by atoms with Crippen LogP contribution in [0.25, 0.3) is 0 Å². The van der Waals surface area contributed by atoms with Gasteiger partial charge in [0.1, 0.15) is 0 Å². The molecule has 3 atom stereocenters. The molecule has 0 aromatic rings. The Morgan fingerprint density at radius 1 is 1.12 bits per heavy atom. The zero-order chi connectivity index (χ0) is 12.5. The van der Waals surface area contributed by atoms with E-state index in [1.54, 1.807) is 0 Å². The third-order valence-electron chi connectivity index (χ3n) is 5.69. The van der Waals surface area contributed by atoms with Gasteiger partial charge < -0.3 is 10.8 Å². The molecule has 2 rings (SSSR count). The molecule has 0 aromatic carbocycles. The van der Waals surface area contributed by atoms with E-state index in [0.717, 1.165) is 19.3 Å². The molecule has 2 nitrogen and oxygen atoms in total. The average Bonchev–Trinajstić information content (AvgIpc) is 2.35. The van der Waals surface area contributed by atoms with Gasteiger partial charge in [0.15, 0.2) is 0 Å². The van der Waals surface area contributed by atoms with Crippen molar-refractivity contribution < 1.29 is 5.11 Å². The van der Waals surface area contributed by atoms with Gasteiger partial charge in [-0.3, -0.25) is 0 Å². The smallest absolute Gasteiger partial charge is 0.0743 e. The predicted molar refractivity (Wildman–Crippen MR) is 71.7 cm³/mol. The molecule has 3 unspecified atom stereocenters. The van der Waals surface area contributed by atoms with Gasteiger partial charge in [-0.1, -0.05) is 39.5 Å². The third kappa shape index (κ3) is 2.15. The summed E-state index contributed by atoms with van der Waals surface area (Å²) in [6.45, 7) is 5.18. The van der Waals surface area contributed by atoms with Crippen molar-refractivity contribution in [1.29, 1.82) is 0 Å². The van der Waals surface area contributed by atoms with Gasteiger partial charge in [0.2, 0.25) is 0 Å². The van der Waals surface area contributed by atoms with Crippen LogP contribution < -0.4 is 5.73 Å². The maximum Gasteiger partial charge on any atom is 0.0743 e. The second-order valence-corrected chi connectivity index (χ2v) is 6.76. The van der Waals surface area contributed by atoms with Crippen molar-refractivity contribution in [2.75, 3.05) is 6.54 Å². The third-order valence-corrected chi connectivity index (χ3v) is 5.69. The molecule has 2 fully saturated rings. The molecule has 2 aliphatic carbocycles. The molecule has 2 heteroatoms. The van der Waals surface area contributed by atoms with Crippen molar-refractivity contribution in [3.05, 3.63) is 0 Å². The van der Waals surface area contributed by atoms with Gasteiger partial charge in [0.25, 0.3) is 0 Å². The highest BCUT2D eigenvalue weighted by molar-refractivity contribution is 5.05. The minimum absolute atomic E-state index is 0.0132. The van der Waals surface area contributed by atoms with Crippen LogP contribution in [0, 0.1) is 17.3 Å². The van der Waals surface area contributed by atoms with Gasteiger partial charge in [0, 0.05) is 12.0 Å². The molecule has 0 amide bonds. The molecule has 0 aromatic heterocycles. The summed E-state index contributed by atoms with van der Waals surface area (Å²) < 4.78 is 0. The van der Waals surface area contributed by atoms with Gasteiger partial charge >= 0.3 is 0 Å². The minimum Gasteiger partial charge on any atom is -0.389 e. The molecule has 3 N–H and O–H groups in total. The van der Waals surface area contributed by atoms with E-state index in [-0.39, 0.29) is 5.41 Å². The Bertz CT molecular complexity index is 260. The van der Waals surface area contributed by atoms with Crippen LogP contribution >= 0.6 is 0 Å². The van der Waals surface area contributed by atoms with Crippen molar-refractivity contribution >= 4 is 0 Å². The first kappa shape index (κ1) is 13.4. The number of rotatable bonds is 2. The van der Waals surface area contributed by atoms with Crippen molar-refractivity contribution in [1.82, 2.24) is 0 Å². The molecular formula is C15H29NO. The maximum absolute atomic E-state index is 11.3. The van der Waals surface area contributed by atoms with E-state index in [9.17, 15) is 5.11 Å². The van der Waals surface area contributed by atoms with Crippen LogP contribution in [0.1, 0.15) is 65.2 Å². The monoisotopic (exact) mass is 239 g/mol. The highest BCUT2D eigenvalue weighted by atomic mass is 16.3. The summed E-state index contributed by atoms with van der Waals surface area (Å²) in [5.74, 6) is 1.07. The summed E-state index contributed by atoms with van der Waals surface area (Å²) in [6, 6.07) is 0. The highest BCUT2D eigenvalue weighted by Crippen LogP contribution is 2.53. The second-order valence-electron chi connectivity index (χ2n) is 6.76. The van der Waals surface area contributed by atoms with Gasteiger partial charge in [-0.05, 0) is 37.5 Å². The van der Waals surface area contributed by atoms with Crippen molar-refractivity contribution in [3.8, 4) is 0 Å². The Morgan fingerprint density at radius 3 is 2.35 bits per heavy atom. The molecule has 100 valence electrons. The maximum atomic E-state index is 11.3. The van der Waals surface area contributed by atoms with E-state index in [1.165, 1.54) is 32.1 Å². The summed E-state index contributed by atoms with van der Waals surface area (Å²) in [5.41, 5.74) is 5.62. The standard InChI is InChI=1S/C15H29NO/c1-12-6-7-13(2)15(17,10-12)14(11-16)8-4-3-5-9-14/h12-13,17H,3-11,16H2,1-2H3. The molecule has 0 aliphatic heterocycles. The van der Waals surface area contributed by atoms with Crippen LogP contribution in [0.15, 0.2) is 0 Å². The first-order valence-electron chi connectivity index (χ1n) is 7.46. The lowest BCUT2D eigenvalue weighted by Crippen LogP contribution is -2.59. The molecule has 0 heterocycles. The quantitative estimate of drug-likeness (QED) is 0.778. The lowest BCUT2D eigenvalue weighted by atomic mass is 9.54. The number of hydrogen-bond acceptors (Lipinski definition) is 2. The number of hydrogen-bond donors (Lipinski definition) is 2. The zero-order valence-corrected chi connectivity index (χ0v) is 11.5. The molecule has 2 aliphatic rings. The largest absolute Gasteiger partial charge is 0.389 e. The second kappa shape index (κ2) is 4.89. The van der Waals surface area contributed by atoms with Gasteiger partial charge in [-0.15, -0.1) is 0 Å².